The summed E-state index contributed by atoms with van der Waals surface area (Å²) in [6.07, 6.45) is 4.68. The molecule has 116 valence electrons. The molecule has 4 nitrogen and oxygen atoms in total. The molecule has 0 aliphatic rings. The number of benzene rings is 1. The summed E-state index contributed by atoms with van der Waals surface area (Å²) in [5, 5.41) is 5.89. The van der Waals surface area contributed by atoms with Crippen LogP contribution < -0.4 is 5.32 Å². The number of aromatic nitrogens is 1. The van der Waals surface area contributed by atoms with Crippen molar-refractivity contribution in [3.63, 3.8) is 0 Å². The molecule has 0 radical (unpaired) electrons. The van der Waals surface area contributed by atoms with E-state index in [2.05, 4.69) is 10.3 Å². The van der Waals surface area contributed by atoms with E-state index in [4.69, 9.17) is 4.42 Å². The number of carbonyl (C=O) groups is 1. The van der Waals surface area contributed by atoms with Crippen molar-refractivity contribution < 1.29 is 9.21 Å². The highest BCUT2D eigenvalue weighted by atomic mass is 32.1. The Kier molecular flexibility index (Phi) is 4.68. The Balaban J connectivity index is 1.55. The summed E-state index contributed by atoms with van der Waals surface area (Å²) < 4.78 is 5.13. The lowest BCUT2D eigenvalue weighted by Crippen LogP contribution is -2.20. The number of furan rings is 1. The number of amides is 1. The molecule has 0 saturated heterocycles. The second kappa shape index (κ2) is 7.07. The highest BCUT2D eigenvalue weighted by Gasteiger charge is 2.03. The van der Waals surface area contributed by atoms with E-state index in [0.717, 1.165) is 21.8 Å². The fourth-order valence-corrected chi connectivity index (χ4v) is 2.85. The Hall–Kier alpha value is -2.66. The molecule has 0 bridgehead atoms. The number of rotatable bonds is 5. The normalized spacial score (nSPS) is 11.0. The average molecular weight is 324 g/mol. The van der Waals surface area contributed by atoms with Crippen molar-refractivity contribution in [2.75, 3.05) is 0 Å². The van der Waals surface area contributed by atoms with E-state index in [1.807, 2.05) is 36.6 Å². The van der Waals surface area contributed by atoms with Crippen molar-refractivity contribution in [3.05, 3.63) is 71.1 Å². The largest absolute Gasteiger partial charge is 0.465 e. The number of hydrogen-bond donors (Lipinski definition) is 1. The molecule has 0 fully saturated rings. The number of nitrogens with one attached hydrogen (secondary N) is 1. The first-order valence-electron chi connectivity index (χ1n) is 7.21. The van der Waals surface area contributed by atoms with Gasteiger partial charge in [-0.3, -0.25) is 4.79 Å². The zero-order valence-electron chi connectivity index (χ0n) is 12.7. The third kappa shape index (κ3) is 4.17. The van der Waals surface area contributed by atoms with Crippen LogP contribution in [0.3, 0.4) is 0 Å². The second-order valence-corrected chi connectivity index (χ2v) is 5.92. The molecule has 3 aromatic rings. The summed E-state index contributed by atoms with van der Waals surface area (Å²) in [5.41, 5.74) is 3.17. The summed E-state index contributed by atoms with van der Waals surface area (Å²) in [4.78, 5) is 16.2. The molecule has 0 atom stereocenters. The van der Waals surface area contributed by atoms with Crippen molar-refractivity contribution in [2.45, 2.75) is 13.5 Å². The van der Waals surface area contributed by atoms with Crippen LogP contribution in [-0.4, -0.2) is 10.9 Å². The fraction of sp³-hybridized carbons (Fsp3) is 0.111. The van der Waals surface area contributed by atoms with Crippen LogP contribution in [0.5, 0.6) is 0 Å². The molecule has 0 aliphatic carbocycles. The zero-order chi connectivity index (χ0) is 16.1. The van der Waals surface area contributed by atoms with Crippen LogP contribution in [0.15, 0.2) is 58.5 Å². The van der Waals surface area contributed by atoms with E-state index in [9.17, 15) is 4.79 Å². The van der Waals surface area contributed by atoms with Gasteiger partial charge in [0.05, 0.1) is 6.26 Å². The first-order valence-corrected chi connectivity index (χ1v) is 8.09. The molecule has 1 aromatic carbocycles. The molecular formula is C18H16N2O2S. The van der Waals surface area contributed by atoms with Crippen molar-refractivity contribution in [3.8, 4) is 10.6 Å². The van der Waals surface area contributed by atoms with E-state index >= 15 is 0 Å². The maximum Gasteiger partial charge on any atom is 0.244 e. The summed E-state index contributed by atoms with van der Waals surface area (Å²) >= 11 is 1.63. The lowest BCUT2D eigenvalue weighted by Gasteiger charge is -2.03. The van der Waals surface area contributed by atoms with Crippen LogP contribution in [-0.2, 0) is 11.3 Å². The monoisotopic (exact) mass is 324 g/mol. The van der Waals surface area contributed by atoms with Gasteiger partial charge in [0.1, 0.15) is 10.8 Å². The summed E-state index contributed by atoms with van der Waals surface area (Å²) in [6, 6.07) is 11.6. The third-order valence-electron chi connectivity index (χ3n) is 3.23. The van der Waals surface area contributed by atoms with Gasteiger partial charge in [-0.25, -0.2) is 4.98 Å². The second-order valence-electron chi connectivity index (χ2n) is 5.06. The average Bonchev–Trinajstić information content (AvgIpc) is 3.23. The van der Waals surface area contributed by atoms with Gasteiger partial charge in [0.25, 0.3) is 0 Å². The van der Waals surface area contributed by atoms with Gasteiger partial charge in [-0.15, -0.1) is 11.3 Å². The minimum Gasteiger partial charge on any atom is -0.465 e. The van der Waals surface area contributed by atoms with E-state index in [1.54, 1.807) is 35.8 Å². The van der Waals surface area contributed by atoms with Gasteiger partial charge in [-0.1, -0.05) is 24.3 Å². The van der Waals surface area contributed by atoms with Gasteiger partial charge >= 0.3 is 0 Å². The molecule has 3 rings (SSSR count). The van der Waals surface area contributed by atoms with E-state index in [-0.39, 0.29) is 5.91 Å². The Morgan fingerprint density at radius 3 is 2.78 bits per heavy atom. The zero-order valence-corrected chi connectivity index (χ0v) is 13.5. The topological polar surface area (TPSA) is 55.1 Å². The van der Waals surface area contributed by atoms with E-state index in [0.29, 0.717) is 12.3 Å². The summed E-state index contributed by atoms with van der Waals surface area (Å²) in [6.45, 7) is 2.47. The van der Waals surface area contributed by atoms with Gasteiger partial charge in [-0.2, -0.15) is 0 Å². The number of hydrogen-bond acceptors (Lipinski definition) is 4. The SMILES string of the molecule is Cc1csc(-c2ccc(CNC(=O)C=Cc3ccco3)cc2)n1. The van der Waals surface area contributed by atoms with E-state index in [1.165, 1.54) is 6.08 Å². The minimum absolute atomic E-state index is 0.152. The van der Waals surface area contributed by atoms with Crippen LogP contribution in [0.2, 0.25) is 0 Å². The molecule has 0 saturated carbocycles. The van der Waals surface area contributed by atoms with Crippen molar-refractivity contribution in [2.24, 2.45) is 0 Å². The smallest absolute Gasteiger partial charge is 0.244 e. The standard InChI is InChI=1S/C18H16N2O2S/c1-13-12-23-18(20-13)15-6-4-14(5-7-15)11-19-17(21)9-8-16-3-2-10-22-16/h2-10,12H,11H2,1H3,(H,19,21). The Morgan fingerprint density at radius 1 is 1.30 bits per heavy atom. The van der Waals surface area contributed by atoms with Crippen molar-refractivity contribution in [1.82, 2.24) is 10.3 Å². The molecule has 1 N–H and O–H groups in total. The van der Waals surface area contributed by atoms with Gasteiger partial charge in [0, 0.05) is 29.3 Å². The summed E-state index contributed by atoms with van der Waals surface area (Å²) in [5.74, 6) is 0.504. The number of carbonyl (C=O) groups excluding carboxylic acids is 1. The maximum absolute atomic E-state index is 11.8. The van der Waals surface area contributed by atoms with Crippen LogP contribution >= 0.6 is 11.3 Å². The van der Waals surface area contributed by atoms with Gasteiger partial charge in [-0.05, 0) is 30.7 Å². The van der Waals surface area contributed by atoms with Crippen LogP contribution in [0.4, 0.5) is 0 Å². The molecule has 5 heteroatoms. The number of nitrogens with zero attached hydrogens (tertiary/aromatic N) is 1. The predicted octanol–water partition coefficient (Wildman–Crippen LogP) is 4.04. The first-order chi connectivity index (χ1) is 11.2. The van der Waals surface area contributed by atoms with Crippen molar-refractivity contribution in [1.29, 1.82) is 0 Å². The minimum atomic E-state index is -0.152. The molecular weight excluding hydrogens is 308 g/mol. The molecule has 1 amide bonds. The number of thiazole rings is 1. The molecule has 0 unspecified atom stereocenters. The maximum atomic E-state index is 11.8. The van der Waals surface area contributed by atoms with Crippen molar-refractivity contribution >= 4 is 23.3 Å². The highest BCUT2D eigenvalue weighted by Crippen LogP contribution is 2.23. The van der Waals surface area contributed by atoms with Crippen LogP contribution in [0.25, 0.3) is 16.6 Å². The lowest BCUT2D eigenvalue weighted by atomic mass is 10.1. The first kappa shape index (κ1) is 15.2. The number of aryl methyl sites for hydroxylation is 1. The van der Waals surface area contributed by atoms with Gasteiger partial charge < -0.3 is 9.73 Å². The third-order valence-corrected chi connectivity index (χ3v) is 4.24. The van der Waals surface area contributed by atoms with Crippen LogP contribution in [0.1, 0.15) is 17.0 Å². The van der Waals surface area contributed by atoms with Crippen LogP contribution in [0, 0.1) is 6.92 Å². The lowest BCUT2D eigenvalue weighted by molar-refractivity contribution is -0.116. The van der Waals surface area contributed by atoms with E-state index < -0.39 is 0 Å². The fourth-order valence-electron chi connectivity index (χ4n) is 2.04. The molecule has 2 aromatic heterocycles. The van der Waals surface area contributed by atoms with Gasteiger partial charge in [0.2, 0.25) is 5.91 Å². The predicted molar refractivity (Wildman–Crippen MR) is 91.9 cm³/mol. The highest BCUT2D eigenvalue weighted by molar-refractivity contribution is 7.13. The molecule has 0 spiro atoms. The Bertz CT molecular complexity index is 802. The molecule has 23 heavy (non-hydrogen) atoms. The Morgan fingerprint density at radius 2 is 2.13 bits per heavy atom. The quantitative estimate of drug-likeness (QED) is 0.721. The molecule has 2 heterocycles. The summed E-state index contributed by atoms with van der Waals surface area (Å²) in [7, 11) is 0. The molecule has 0 aliphatic heterocycles. The van der Waals surface area contributed by atoms with Gasteiger partial charge in [0.15, 0.2) is 0 Å². The Labute approximate surface area is 138 Å².